The molecule has 0 amide bonds. The van der Waals surface area contributed by atoms with Gasteiger partial charge < -0.3 is 14.4 Å². The van der Waals surface area contributed by atoms with Gasteiger partial charge in [0.1, 0.15) is 19.5 Å². The summed E-state index contributed by atoms with van der Waals surface area (Å²) in [5.74, 6) is 0. The van der Waals surface area contributed by atoms with Crippen molar-refractivity contribution in [2.24, 2.45) is 0 Å². The van der Waals surface area contributed by atoms with E-state index in [4.69, 9.17) is 9.47 Å². The van der Waals surface area contributed by atoms with Crippen molar-refractivity contribution < 1.29 is 18.9 Å². The van der Waals surface area contributed by atoms with Gasteiger partial charge in [-0.05, 0) is 12.1 Å². The topological polar surface area (TPSA) is 55.8 Å². The largest absolute Gasteiger partial charge is 0.494 e. The lowest BCUT2D eigenvalue weighted by atomic mass is 10.4. The van der Waals surface area contributed by atoms with Gasteiger partial charge >= 0.3 is 0 Å². The summed E-state index contributed by atoms with van der Waals surface area (Å²) in [5.41, 5.74) is 0.0138. The zero-order chi connectivity index (χ0) is 10.7. The van der Waals surface area contributed by atoms with Crippen molar-refractivity contribution in [2.75, 3.05) is 13.2 Å². The quantitative estimate of drug-likeness (QED) is 0.775. The summed E-state index contributed by atoms with van der Waals surface area (Å²) in [4.78, 5) is 9.89. The molecule has 1 unspecified atom stereocenters. The minimum Gasteiger partial charge on any atom is -0.494 e. The van der Waals surface area contributed by atoms with Crippen molar-refractivity contribution in [3.63, 3.8) is 0 Å². The third-order valence-electron chi connectivity index (χ3n) is 2.04. The van der Waals surface area contributed by atoms with E-state index in [0.29, 0.717) is 18.5 Å². The standard InChI is InChI=1S/C10H11O4P/c11-15(12,9-4-2-1-3-5-9)10-8-13-6-7-14-10/h1-5,8H,6-7H2,(H,11,12). The van der Waals surface area contributed by atoms with E-state index in [1.807, 2.05) is 0 Å². The molecule has 2 rings (SSSR count). The molecule has 4 nitrogen and oxygen atoms in total. The van der Waals surface area contributed by atoms with Crippen molar-refractivity contribution in [1.29, 1.82) is 0 Å². The SMILES string of the molecule is O=P(O)(C1=COCCO1)c1ccccc1. The molecule has 1 aromatic carbocycles. The van der Waals surface area contributed by atoms with Crippen molar-refractivity contribution in [1.82, 2.24) is 0 Å². The first-order valence-electron chi connectivity index (χ1n) is 4.55. The molecule has 0 radical (unpaired) electrons. The molecule has 1 aliphatic heterocycles. The fourth-order valence-corrected chi connectivity index (χ4v) is 2.59. The monoisotopic (exact) mass is 226 g/mol. The molecule has 15 heavy (non-hydrogen) atoms. The molecule has 0 fully saturated rings. The molecule has 0 aliphatic carbocycles. The maximum absolute atomic E-state index is 12.1. The fourth-order valence-electron chi connectivity index (χ4n) is 1.27. The molecular formula is C10H11O4P. The van der Waals surface area contributed by atoms with E-state index in [1.54, 1.807) is 30.3 Å². The summed E-state index contributed by atoms with van der Waals surface area (Å²) in [5, 5.41) is 0.349. The summed E-state index contributed by atoms with van der Waals surface area (Å²) in [6, 6.07) is 8.40. The second-order valence-electron chi connectivity index (χ2n) is 3.09. The summed E-state index contributed by atoms with van der Waals surface area (Å²) in [6.45, 7) is 0.724. The predicted octanol–water partition coefficient (Wildman–Crippen LogP) is 1.43. The van der Waals surface area contributed by atoms with Crippen LogP contribution in [0.2, 0.25) is 0 Å². The molecule has 0 saturated carbocycles. The van der Waals surface area contributed by atoms with Gasteiger partial charge in [0.05, 0.1) is 0 Å². The highest BCUT2D eigenvalue weighted by atomic mass is 31.2. The molecule has 0 aromatic heterocycles. The molecule has 1 N–H and O–H groups in total. The maximum Gasteiger partial charge on any atom is 0.295 e. The number of rotatable bonds is 2. The average molecular weight is 226 g/mol. The Balaban J connectivity index is 2.34. The lowest BCUT2D eigenvalue weighted by Gasteiger charge is -2.19. The van der Waals surface area contributed by atoms with Crippen LogP contribution in [0.5, 0.6) is 0 Å². The molecule has 0 saturated heterocycles. The van der Waals surface area contributed by atoms with Crippen molar-refractivity contribution in [2.45, 2.75) is 0 Å². The van der Waals surface area contributed by atoms with Gasteiger partial charge in [0.15, 0.2) is 0 Å². The number of hydrogen-bond acceptors (Lipinski definition) is 3. The van der Waals surface area contributed by atoms with Gasteiger partial charge in [0, 0.05) is 5.30 Å². The zero-order valence-electron chi connectivity index (χ0n) is 8.00. The molecule has 5 heteroatoms. The second kappa shape index (κ2) is 4.09. The van der Waals surface area contributed by atoms with E-state index in [1.165, 1.54) is 6.26 Å². The third kappa shape index (κ3) is 2.06. The minimum atomic E-state index is -3.61. The van der Waals surface area contributed by atoms with Crippen LogP contribution in [0.3, 0.4) is 0 Å². The minimum absolute atomic E-state index is 0.0138. The lowest BCUT2D eigenvalue weighted by Crippen LogP contribution is -2.13. The number of benzene rings is 1. The molecule has 1 aromatic rings. The van der Waals surface area contributed by atoms with Crippen LogP contribution < -0.4 is 5.30 Å². The van der Waals surface area contributed by atoms with Crippen LogP contribution in [0.15, 0.2) is 42.1 Å². The van der Waals surface area contributed by atoms with Gasteiger partial charge in [-0.1, -0.05) is 18.2 Å². The Bertz CT molecular complexity index is 413. The van der Waals surface area contributed by atoms with E-state index >= 15 is 0 Å². The smallest absolute Gasteiger partial charge is 0.295 e. The van der Waals surface area contributed by atoms with Gasteiger partial charge in [0.2, 0.25) is 5.50 Å². The van der Waals surface area contributed by atoms with E-state index in [0.717, 1.165) is 0 Å². The van der Waals surface area contributed by atoms with E-state index in [-0.39, 0.29) is 5.50 Å². The summed E-state index contributed by atoms with van der Waals surface area (Å²) < 4.78 is 22.1. The van der Waals surface area contributed by atoms with Crippen LogP contribution in [0, 0.1) is 0 Å². The third-order valence-corrected chi connectivity index (χ3v) is 3.87. The Morgan fingerprint density at radius 3 is 2.53 bits per heavy atom. The van der Waals surface area contributed by atoms with Crippen LogP contribution in [0.1, 0.15) is 0 Å². The van der Waals surface area contributed by atoms with E-state index in [2.05, 4.69) is 0 Å². The van der Waals surface area contributed by atoms with Gasteiger partial charge in [-0.3, -0.25) is 4.57 Å². The Morgan fingerprint density at radius 1 is 1.20 bits per heavy atom. The molecule has 0 bridgehead atoms. The highest BCUT2D eigenvalue weighted by Gasteiger charge is 2.30. The van der Waals surface area contributed by atoms with E-state index in [9.17, 15) is 9.46 Å². The summed E-state index contributed by atoms with van der Waals surface area (Å²) >= 11 is 0. The Labute approximate surface area is 87.6 Å². The number of hydrogen-bond donors (Lipinski definition) is 1. The molecule has 1 atom stereocenters. The summed E-state index contributed by atoms with van der Waals surface area (Å²) in [6.07, 6.45) is 1.22. The molecule has 80 valence electrons. The van der Waals surface area contributed by atoms with Gasteiger partial charge in [-0.2, -0.15) is 0 Å². The first kappa shape index (κ1) is 10.3. The summed E-state index contributed by atoms with van der Waals surface area (Å²) in [7, 11) is -3.61. The van der Waals surface area contributed by atoms with Gasteiger partial charge in [-0.25, -0.2) is 0 Å². The molecular weight excluding hydrogens is 215 g/mol. The first-order valence-corrected chi connectivity index (χ1v) is 6.21. The first-order chi connectivity index (χ1) is 7.21. The molecule has 1 heterocycles. The molecule has 1 aliphatic rings. The Hall–Kier alpha value is -1.25. The lowest BCUT2D eigenvalue weighted by molar-refractivity contribution is 0.0962. The van der Waals surface area contributed by atoms with Crippen LogP contribution in [0.25, 0.3) is 0 Å². The highest BCUT2D eigenvalue weighted by molar-refractivity contribution is 7.69. The highest BCUT2D eigenvalue weighted by Crippen LogP contribution is 2.49. The predicted molar refractivity (Wildman–Crippen MR) is 55.9 cm³/mol. The van der Waals surface area contributed by atoms with Crippen LogP contribution in [0.4, 0.5) is 0 Å². The van der Waals surface area contributed by atoms with Crippen molar-refractivity contribution in [3.8, 4) is 0 Å². The van der Waals surface area contributed by atoms with Crippen molar-refractivity contribution >= 4 is 12.7 Å². The maximum atomic E-state index is 12.1. The van der Waals surface area contributed by atoms with Crippen molar-refractivity contribution in [3.05, 3.63) is 42.1 Å². The average Bonchev–Trinajstić information content (AvgIpc) is 2.31. The second-order valence-corrected chi connectivity index (χ2v) is 5.20. The fraction of sp³-hybridized carbons (Fsp3) is 0.200. The van der Waals surface area contributed by atoms with Gasteiger partial charge in [0.25, 0.3) is 7.37 Å². The number of ether oxygens (including phenoxy) is 2. The Morgan fingerprint density at radius 2 is 1.93 bits per heavy atom. The van der Waals surface area contributed by atoms with Crippen LogP contribution >= 0.6 is 7.37 Å². The normalized spacial score (nSPS) is 19.4. The Kier molecular flexibility index (Phi) is 2.80. The van der Waals surface area contributed by atoms with Gasteiger partial charge in [-0.15, -0.1) is 0 Å². The van der Waals surface area contributed by atoms with Crippen LogP contribution in [-0.4, -0.2) is 18.1 Å². The zero-order valence-corrected chi connectivity index (χ0v) is 8.89. The van der Waals surface area contributed by atoms with E-state index < -0.39 is 7.37 Å². The van der Waals surface area contributed by atoms with Crippen LogP contribution in [-0.2, 0) is 14.0 Å². The molecule has 0 spiro atoms.